The van der Waals surface area contributed by atoms with Crippen molar-refractivity contribution in [3.8, 4) is 11.5 Å². The predicted octanol–water partition coefficient (Wildman–Crippen LogP) is 2.29. The maximum Gasteiger partial charge on any atom is 0.170 e. The number of nitrogens with zero attached hydrogens (tertiary/aromatic N) is 1. The van der Waals surface area contributed by atoms with E-state index in [9.17, 15) is 0 Å². The minimum atomic E-state index is 0.0344. The number of ether oxygens (including phenoxy) is 2. The van der Waals surface area contributed by atoms with Crippen LogP contribution in [0, 0.1) is 0 Å². The Labute approximate surface area is 89.1 Å². The van der Waals surface area contributed by atoms with Crippen molar-refractivity contribution in [1.82, 2.24) is 0 Å². The number of para-hydroxylation sites is 1. The smallest absolute Gasteiger partial charge is 0.170 e. The molecule has 0 spiro atoms. The van der Waals surface area contributed by atoms with Crippen LogP contribution in [-0.2, 0) is 0 Å². The van der Waals surface area contributed by atoms with E-state index < -0.39 is 0 Å². The number of oxime groups is 1. The Bertz CT molecular complexity index is 348. The summed E-state index contributed by atoms with van der Waals surface area (Å²) >= 11 is 0. The molecule has 4 heteroatoms. The molecule has 1 aromatic carbocycles. The van der Waals surface area contributed by atoms with Gasteiger partial charge in [-0.1, -0.05) is 11.2 Å². The Morgan fingerprint density at radius 1 is 1.40 bits per heavy atom. The molecule has 4 nitrogen and oxygen atoms in total. The second-order valence-electron chi connectivity index (χ2n) is 3.29. The van der Waals surface area contributed by atoms with Gasteiger partial charge >= 0.3 is 0 Å². The summed E-state index contributed by atoms with van der Waals surface area (Å²) in [5, 5.41) is 11.5. The zero-order valence-corrected chi connectivity index (χ0v) is 9.10. The lowest BCUT2D eigenvalue weighted by atomic mass is 10.2. The zero-order valence-electron chi connectivity index (χ0n) is 9.10. The summed E-state index contributed by atoms with van der Waals surface area (Å²) in [6.07, 6.45) is 1.35. The molecule has 1 aromatic rings. The van der Waals surface area contributed by atoms with Gasteiger partial charge < -0.3 is 14.7 Å². The molecular weight excluding hydrogens is 194 g/mol. The summed E-state index contributed by atoms with van der Waals surface area (Å²) in [5.74, 6) is 1.22. The molecular formula is C11H15NO3. The molecule has 0 atom stereocenters. The molecule has 0 fully saturated rings. The number of rotatable bonds is 4. The summed E-state index contributed by atoms with van der Waals surface area (Å²) in [6, 6.07) is 5.40. The van der Waals surface area contributed by atoms with Crippen LogP contribution in [0.4, 0.5) is 0 Å². The lowest BCUT2D eigenvalue weighted by Gasteiger charge is -2.15. The van der Waals surface area contributed by atoms with Crippen molar-refractivity contribution in [3.05, 3.63) is 23.8 Å². The maximum atomic E-state index is 8.51. The summed E-state index contributed by atoms with van der Waals surface area (Å²) in [7, 11) is 1.57. The van der Waals surface area contributed by atoms with Crippen LogP contribution in [0.25, 0.3) is 0 Å². The highest BCUT2D eigenvalue weighted by Crippen LogP contribution is 2.30. The van der Waals surface area contributed by atoms with Gasteiger partial charge in [-0.25, -0.2) is 0 Å². The minimum Gasteiger partial charge on any atom is -0.493 e. The van der Waals surface area contributed by atoms with Crippen LogP contribution >= 0.6 is 0 Å². The average molecular weight is 209 g/mol. The third-order valence-corrected chi connectivity index (χ3v) is 1.78. The van der Waals surface area contributed by atoms with Gasteiger partial charge in [0.05, 0.1) is 19.4 Å². The number of benzene rings is 1. The Hall–Kier alpha value is -1.71. The standard InChI is InChI=1S/C11H15NO3/c1-8(2)15-11-9(7-12-13)5-4-6-10(11)14-3/h4-8,13H,1-3H3/b12-7-. The first-order valence-electron chi connectivity index (χ1n) is 4.70. The topological polar surface area (TPSA) is 51.0 Å². The quantitative estimate of drug-likeness (QED) is 0.470. The lowest BCUT2D eigenvalue weighted by molar-refractivity contribution is 0.229. The Kier molecular flexibility index (Phi) is 3.97. The zero-order chi connectivity index (χ0) is 11.3. The third kappa shape index (κ3) is 2.87. The fraction of sp³-hybridized carbons (Fsp3) is 0.364. The SMILES string of the molecule is COc1cccc(/C=N\O)c1OC(C)C. The van der Waals surface area contributed by atoms with Gasteiger partial charge in [-0.15, -0.1) is 0 Å². The normalized spacial score (nSPS) is 10.9. The van der Waals surface area contributed by atoms with Crippen molar-refractivity contribution in [2.75, 3.05) is 7.11 Å². The van der Waals surface area contributed by atoms with Gasteiger partial charge in [0.15, 0.2) is 11.5 Å². The molecule has 0 aliphatic heterocycles. The van der Waals surface area contributed by atoms with Crippen LogP contribution in [0.15, 0.2) is 23.4 Å². The van der Waals surface area contributed by atoms with Crippen LogP contribution in [0.2, 0.25) is 0 Å². The molecule has 0 unspecified atom stereocenters. The van der Waals surface area contributed by atoms with Gasteiger partial charge in [0.1, 0.15) is 0 Å². The second kappa shape index (κ2) is 5.24. The molecule has 0 saturated heterocycles. The summed E-state index contributed by atoms with van der Waals surface area (Å²) in [6.45, 7) is 3.85. The molecule has 1 rings (SSSR count). The number of hydrogen-bond acceptors (Lipinski definition) is 4. The third-order valence-electron chi connectivity index (χ3n) is 1.78. The molecule has 15 heavy (non-hydrogen) atoms. The van der Waals surface area contributed by atoms with E-state index in [0.29, 0.717) is 17.1 Å². The Balaban J connectivity index is 3.14. The lowest BCUT2D eigenvalue weighted by Crippen LogP contribution is -2.08. The van der Waals surface area contributed by atoms with Crippen LogP contribution < -0.4 is 9.47 Å². The molecule has 82 valence electrons. The van der Waals surface area contributed by atoms with E-state index in [4.69, 9.17) is 14.7 Å². The highest BCUT2D eigenvalue weighted by Gasteiger charge is 2.10. The van der Waals surface area contributed by atoms with E-state index in [1.165, 1.54) is 6.21 Å². The van der Waals surface area contributed by atoms with Crippen molar-refractivity contribution in [2.45, 2.75) is 20.0 Å². The molecule has 1 N–H and O–H groups in total. The first-order chi connectivity index (χ1) is 7.19. The highest BCUT2D eigenvalue weighted by atomic mass is 16.5. The van der Waals surface area contributed by atoms with E-state index in [1.807, 2.05) is 19.9 Å². The highest BCUT2D eigenvalue weighted by molar-refractivity contribution is 5.84. The molecule has 0 bridgehead atoms. The van der Waals surface area contributed by atoms with E-state index in [0.717, 1.165) is 0 Å². The Morgan fingerprint density at radius 2 is 2.13 bits per heavy atom. The maximum absolute atomic E-state index is 8.51. The molecule has 0 radical (unpaired) electrons. The van der Waals surface area contributed by atoms with E-state index in [1.54, 1.807) is 19.2 Å². The predicted molar refractivity (Wildman–Crippen MR) is 58.1 cm³/mol. The molecule has 0 aliphatic rings. The second-order valence-corrected chi connectivity index (χ2v) is 3.29. The first-order valence-corrected chi connectivity index (χ1v) is 4.70. The van der Waals surface area contributed by atoms with Crippen LogP contribution in [0.1, 0.15) is 19.4 Å². The fourth-order valence-electron chi connectivity index (χ4n) is 1.22. The molecule has 0 aromatic heterocycles. The van der Waals surface area contributed by atoms with Crippen molar-refractivity contribution in [1.29, 1.82) is 0 Å². The Morgan fingerprint density at radius 3 is 2.67 bits per heavy atom. The molecule has 0 amide bonds. The molecule has 0 heterocycles. The van der Waals surface area contributed by atoms with Crippen molar-refractivity contribution < 1.29 is 14.7 Å². The summed E-state index contributed by atoms with van der Waals surface area (Å²) < 4.78 is 10.8. The summed E-state index contributed by atoms with van der Waals surface area (Å²) in [5.41, 5.74) is 0.686. The minimum absolute atomic E-state index is 0.0344. The van der Waals surface area contributed by atoms with Gasteiger partial charge in [0.2, 0.25) is 0 Å². The average Bonchev–Trinajstić information content (AvgIpc) is 2.20. The van der Waals surface area contributed by atoms with Gasteiger partial charge in [-0.2, -0.15) is 0 Å². The van der Waals surface area contributed by atoms with Crippen molar-refractivity contribution in [2.24, 2.45) is 5.16 Å². The van der Waals surface area contributed by atoms with Crippen LogP contribution in [0.5, 0.6) is 11.5 Å². The molecule has 0 aliphatic carbocycles. The first kappa shape index (κ1) is 11.4. The number of hydrogen-bond donors (Lipinski definition) is 1. The number of methoxy groups -OCH3 is 1. The van der Waals surface area contributed by atoms with Crippen LogP contribution in [-0.4, -0.2) is 24.6 Å². The van der Waals surface area contributed by atoms with Gasteiger partial charge in [-0.05, 0) is 26.0 Å². The molecule has 0 saturated carbocycles. The van der Waals surface area contributed by atoms with E-state index >= 15 is 0 Å². The van der Waals surface area contributed by atoms with E-state index in [-0.39, 0.29) is 6.10 Å². The summed E-state index contributed by atoms with van der Waals surface area (Å²) in [4.78, 5) is 0. The van der Waals surface area contributed by atoms with E-state index in [2.05, 4.69) is 5.16 Å². The van der Waals surface area contributed by atoms with Crippen molar-refractivity contribution >= 4 is 6.21 Å². The largest absolute Gasteiger partial charge is 0.493 e. The fourth-order valence-corrected chi connectivity index (χ4v) is 1.22. The van der Waals surface area contributed by atoms with Crippen molar-refractivity contribution in [3.63, 3.8) is 0 Å². The monoisotopic (exact) mass is 209 g/mol. The van der Waals surface area contributed by atoms with Crippen LogP contribution in [0.3, 0.4) is 0 Å². The van der Waals surface area contributed by atoms with Gasteiger partial charge in [0.25, 0.3) is 0 Å². The van der Waals surface area contributed by atoms with Gasteiger partial charge in [0, 0.05) is 5.56 Å². The van der Waals surface area contributed by atoms with Gasteiger partial charge in [-0.3, -0.25) is 0 Å².